The average molecular weight is 261 g/mol. The quantitative estimate of drug-likeness (QED) is 0.784. The summed E-state index contributed by atoms with van der Waals surface area (Å²) < 4.78 is 2.14. The molecule has 0 aromatic carbocycles. The topological polar surface area (TPSA) is 63.1 Å². The van der Waals surface area contributed by atoms with E-state index in [1.807, 2.05) is 14.0 Å². The normalized spacial score (nSPS) is 17.1. The van der Waals surface area contributed by atoms with Crippen molar-refractivity contribution in [3.63, 3.8) is 0 Å². The standard InChI is InChI=1S/C13H19N5O/c1-9(10-6-14-7-10)13(19)17(2)8-12-16-15-11-4-3-5-18(11)12/h14H,3-8H2,1-2H3. The number of likely N-dealkylation sites (N-methyl/N-ethyl adjacent to an activating group) is 1. The summed E-state index contributed by atoms with van der Waals surface area (Å²) in [5, 5.41) is 11.5. The molecule has 1 amide bonds. The number of nitrogens with one attached hydrogen (secondary N) is 1. The van der Waals surface area contributed by atoms with Crippen LogP contribution in [0, 0.1) is 0 Å². The van der Waals surface area contributed by atoms with Gasteiger partial charge in [-0.1, -0.05) is 0 Å². The van der Waals surface area contributed by atoms with Crippen LogP contribution in [0.4, 0.5) is 0 Å². The minimum Gasteiger partial charge on any atom is -0.334 e. The van der Waals surface area contributed by atoms with E-state index in [-0.39, 0.29) is 5.91 Å². The van der Waals surface area contributed by atoms with Gasteiger partial charge >= 0.3 is 0 Å². The van der Waals surface area contributed by atoms with Gasteiger partial charge in [0, 0.05) is 38.7 Å². The molecular formula is C13H19N5O. The second-order valence-electron chi connectivity index (χ2n) is 5.28. The van der Waals surface area contributed by atoms with Crippen molar-refractivity contribution in [3.8, 4) is 0 Å². The minimum absolute atomic E-state index is 0.0897. The van der Waals surface area contributed by atoms with Gasteiger partial charge in [0.1, 0.15) is 5.82 Å². The number of carbonyl (C=O) groups excluding carboxylic acids is 1. The molecule has 6 heteroatoms. The summed E-state index contributed by atoms with van der Waals surface area (Å²) in [4.78, 5) is 14.0. The van der Waals surface area contributed by atoms with Crippen LogP contribution in [0.25, 0.3) is 0 Å². The number of nitrogens with zero attached hydrogens (tertiary/aromatic N) is 4. The Hall–Kier alpha value is -1.69. The van der Waals surface area contributed by atoms with Crippen LogP contribution >= 0.6 is 0 Å². The van der Waals surface area contributed by atoms with E-state index in [0.29, 0.717) is 6.54 Å². The van der Waals surface area contributed by atoms with Crippen LogP contribution < -0.4 is 5.32 Å². The Morgan fingerprint density at radius 1 is 1.42 bits per heavy atom. The summed E-state index contributed by atoms with van der Waals surface area (Å²) in [6.45, 7) is 5.09. The number of aryl methyl sites for hydroxylation is 1. The Balaban J connectivity index is 1.71. The Morgan fingerprint density at radius 3 is 2.89 bits per heavy atom. The molecule has 3 rings (SSSR count). The van der Waals surface area contributed by atoms with Gasteiger partial charge in [0.15, 0.2) is 5.82 Å². The molecule has 1 saturated heterocycles. The lowest BCUT2D eigenvalue weighted by Crippen LogP contribution is -2.38. The zero-order valence-electron chi connectivity index (χ0n) is 11.4. The van der Waals surface area contributed by atoms with Crippen LogP contribution in [0.2, 0.25) is 0 Å². The molecule has 0 bridgehead atoms. The van der Waals surface area contributed by atoms with E-state index >= 15 is 0 Å². The Bertz CT molecular complexity index is 539. The third-order valence-electron chi connectivity index (χ3n) is 3.94. The van der Waals surface area contributed by atoms with Gasteiger partial charge in [-0.05, 0) is 18.9 Å². The van der Waals surface area contributed by atoms with Crippen molar-refractivity contribution in [3.05, 3.63) is 22.8 Å². The third kappa shape index (κ3) is 2.16. The fraction of sp³-hybridized carbons (Fsp3) is 0.615. The lowest BCUT2D eigenvalue weighted by Gasteiger charge is -2.24. The molecule has 6 nitrogen and oxygen atoms in total. The molecule has 1 N–H and O–H groups in total. The maximum Gasteiger partial charge on any atom is 0.249 e. The molecule has 0 saturated carbocycles. The van der Waals surface area contributed by atoms with Crippen molar-refractivity contribution < 1.29 is 4.79 Å². The van der Waals surface area contributed by atoms with Crippen molar-refractivity contribution in [1.82, 2.24) is 25.0 Å². The largest absolute Gasteiger partial charge is 0.334 e. The van der Waals surface area contributed by atoms with E-state index in [4.69, 9.17) is 0 Å². The zero-order valence-corrected chi connectivity index (χ0v) is 11.4. The lowest BCUT2D eigenvalue weighted by atomic mass is 10.0. The minimum atomic E-state index is 0.0897. The second kappa shape index (κ2) is 4.77. The van der Waals surface area contributed by atoms with Crippen molar-refractivity contribution in [2.45, 2.75) is 32.9 Å². The first kappa shape index (κ1) is 12.3. The van der Waals surface area contributed by atoms with Crippen LogP contribution in [0.3, 0.4) is 0 Å². The maximum absolute atomic E-state index is 12.3. The van der Waals surface area contributed by atoms with E-state index in [2.05, 4.69) is 20.1 Å². The van der Waals surface area contributed by atoms with Gasteiger partial charge < -0.3 is 14.8 Å². The summed E-state index contributed by atoms with van der Waals surface area (Å²) in [6.07, 6.45) is 2.13. The van der Waals surface area contributed by atoms with Crippen LogP contribution in [0.15, 0.2) is 11.1 Å². The van der Waals surface area contributed by atoms with Crippen molar-refractivity contribution >= 4 is 5.91 Å². The van der Waals surface area contributed by atoms with E-state index in [0.717, 1.165) is 49.7 Å². The average Bonchev–Trinajstić information content (AvgIpc) is 2.90. The molecular weight excluding hydrogens is 242 g/mol. The monoisotopic (exact) mass is 261 g/mol. The molecule has 0 spiro atoms. The van der Waals surface area contributed by atoms with Gasteiger partial charge in [0.05, 0.1) is 6.54 Å². The molecule has 1 aromatic rings. The molecule has 0 unspecified atom stereocenters. The molecule has 0 atom stereocenters. The summed E-state index contributed by atoms with van der Waals surface area (Å²) >= 11 is 0. The first-order valence-corrected chi connectivity index (χ1v) is 6.72. The first-order chi connectivity index (χ1) is 9.16. The highest BCUT2D eigenvalue weighted by Crippen LogP contribution is 2.16. The molecule has 2 aliphatic heterocycles. The maximum atomic E-state index is 12.3. The highest BCUT2D eigenvalue weighted by atomic mass is 16.2. The number of amides is 1. The molecule has 0 radical (unpaired) electrons. The van der Waals surface area contributed by atoms with Crippen molar-refractivity contribution in [1.29, 1.82) is 0 Å². The van der Waals surface area contributed by atoms with E-state index in [9.17, 15) is 4.79 Å². The fourth-order valence-corrected chi connectivity index (χ4v) is 2.56. The smallest absolute Gasteiger partial charge is 0.249 e. The van der Waals surface area contributed by atoms with Gasteiger partial charge in [-0.25, -0.2) is 0 Å². The van der Waals surface area contributed by atoms with Crippen LogP contribution in [-0.2, 0) is 24.3 Å². The summed E-state index contributed by atoms with van der Waals surface area (Å²) in [5.74, 6) is 2.04. The lowest BCUT2D eigenvalue weighted by molar-refractivity contribution is -0.126. The van der Waals surface area contributed by atoms with Gasteiger partial charge in [0.2, 0.25) is 5.91 Å². The molecule has 2 aliphatic rings. The SMILES string of the molecule is CC(C(=O)N(C)Cc1nnc2n1CCC2)=C1CNC1. The molecule has 19 heavy (non-hydrogen) atoms. The summed E-state index contributed by atoms with van der Waals surface area (Å²) in [7, 11) is 1.83. The fourth-order valence-electron chi connectivity index (χ4n) is 2.56. The second-order valence-corrected chi connectivity index (χ2v) is 5.28. The number of fused-ring (bicyclic) bond motifs is 1. The number of hydrogen-bond donors (Lipinski definition) is 1. The molecule has 1 aromatic heterocycles. The van der Waals surface area contributed by atoms with Gasteiger partial charge in [-0.2, -0.15) is 0 Å². The van der Waals surface area contributed by atoms with Gasteiger partial charge in [-0.3, -0.25) is 4.79 Å². The van der Waals surface area contributed by atoms with Crippen LogP contribution in [0.1, 0.15) is 25.0 Å². The van der Waals surface area contributed by atoms with Crippen molar-refractivity contribution in [2.24, 2.45) is 0 Å². The predicted molar refractivity (Wildman–Crippen MR) is 70.4 cm³/mol. The summed E-state index contributed by atoms with van der Waals surface area (Å²) in [5.41, 5.74) is 2.07. The van der Waals surface area contributed by atoms with Crippen LogP contribution in [0.5, 0.6) is 0 Å². The van der Waals surface area contributed by atoms with E-state index in [1.165, 1.54) is 5.57 Å². The Labute approximate surface area is 112 Å². The molecule has 3 heterocycles. The van der Waals surface area contributed by atoms with E-state index in [1.54, 1.807) is 4.90 Å². The molecule has 0 aliphatic carbocycles. The zero-order chi connectivity index (χ0) is 13.4. The summed E-state index contributed by atoms with van der Waals surface area (Å²) in [6, 6.07) is 0. The van der Waals surface area contributed by atoms with Gasteiger partial charge in [-0.15, -0.1) is 10.2 Å². The number of hydrogen-bond acceptors (Lipinski definition) is 4. The number of aromatic nitrogens is 3. The van der Waals surface area contributed by atoms with Crippen molar-refractivity contribution in [2.75, 3.05) is 20.1 Å². The predicted octanol–water partition coefficient (Wildman–Crippen LogP) is 0.102. The third-order valence-corrected chi connectivity index (χ3v) is 3.94. The Kier molecular flexibility index (Phi) is 3.10. The highest BCUT2D eigenvalue weighted by Gasteiger charge is 2.22. The number of rotatable bonds is 3. The van der Waals surface area contributed by atoms with E-state index < -0.39 is 0 Å². The number of carbonyl (C=O) groups is 1. The highest BCUT2D eigenvalue weighted by molar-refractivity contribution is 5.93. The van der Waals surface area contributed by atoms with Gasteiger partial charge in [0.25, 0.3) is 0 Å². The first-order valence-electron chi connectivity index (χ1n) is 6.72. The molecule has 1 fully saturated rings. The Morgan fingerprint density at radius 2 is 2.21 bits per heavy atom. The van der Waals surface area contributed by atoms with Crippen LogP contribution in [-0.4, -0.2) is 45.7 Å². The molecule has 102 valence electrons.